The van der Waals surface area contributed by atoms with Gasteiger partial charge in [-0.3, -0.25) is 4.79 Å². The smallest absolute Gasteiger partial charge is 0.244 e. The molecule has 0 spiro atoms. The van der Waals surface area contributed by atoms with E-state index >= 15 is 0 Å². The van der Waals surface area contributed by atoms with Gasteiger partial charge in [-0.05, 0) is 61.0 Å². The fourth-order valence-corrected chi connectivity index (χ4v) is 2.88. The Morgan fingerprint density at radius 1 is 0.964 bits per heavy atom. The monoisotopic (exact) mass is 377 g/mol. The SMILES string of the molecule is COc1ccc(CC(=O)N/N=C\c2ccc(C)n2-c2ccc(OC)cc2)cc1. The summed E-state index contributed by atoms with van der Waals surface area (Å²) in [5.41, 5.74) is 6.40. The molecule has 0 aliphatic rings. The van der Waals surface area contributed by atoms with Crippen molar-refractivity contribution < 1.29 is 14.3 Å². The van der Waals surface area contributed by atoms with Crippen LogP contribution in [0.4, 0.5) is 0 Å². The number of methoxy groups -OCH3 is 2. The summed E-state index contributed by atoms with van der Waals surface area (Å²) >= 11 is 0. The van der Waals surface area contributed by atoms with E-state index in [0.29, 0.717) is 0 Å². The van der Waals surface area contributed by atoms with E-state index in [-0.39, 0.29) is 12.3 Å². The van der Waals surface area contributed by atoms with Gasteiger partial charge in [-0.15, -0.1) is 0 Å². The van der Waals surface area contributed by atoms with Crippen LogP contribution in [0.15, 0.2) is 65.8 Å². The molecule has 0 saturated carbocycles. The number of hydrogen-bond donors (Lipinski definition) is 1. The second-order valence-electron chi connectivity index (χ2n) is 6.25. The molecule has 1 N–H and O–H groups in total. The van der Waals surface area contributed by atoms with E-state index in [1.807, 2.05) is 67.6 Å². The minimum absolute atomic E-state index is 0.180. The topological polar surface area (TPSA) is 64.8 Å². The van der Waals surface area contributed by atoms with E-state index in [4.69, 9.17) is 9.47 Å². The van der Waals surface area contributed by atoms with Gasteiger partial charge in [-0.25, -0.2) is 5.43 Å². The molecule has 0 aliphatic carbocycles. The summed E-state index contributed by atoms with van der Waals surface area (Å²) in [7, 11) is 3.25. The molecule has 1 heterocycles. The molecule has 0 fully saturated rings. The predicted octanol–water partition coefficient (Wildman–Crippen LogP) is 3.50. The highest BCUT2D eigenvalue weighted by atomic mass is 16.5. The Morgan fingerprint density at radius 3 is 2.18 bits per heavy atom. The normalized spacial score (nSPS) is 10.8. The zero-order valence-corrected chi connectivity index (χ0v) is 16.2. The minimum Gasteiger partial charge on any atom is -0.497 e. The molecule has 0 aliphatic heterocycles. The van der Waals surface area contributed by atoms with Gasteiger partial charge < -0.3 is 14.0 Å². The fraction of sp³-hybridized carbons (Fsp3) is 0.182. The number of aryl methyl sites for hydroxylation is 1. The van der Waals surface area contributed by atoms with E-state index in [9.17, 15) is 4.79 Å². The third-order valence-electron chi connectivity index (χ3n) is 4.35. The van der Waals surface area contributed by atoms with E-state index in [0.717, 1.165) is 34.1 Å². The number of rotatable bonds is 7. The number of aromatic nitrogens is 1. The summed E-state index contributed by atoms with van der Waals surface area (Å²) in [6.45, 7) is 2.02. The van der Waals surface area contributed by atoms with Crippen LogP contribution in [0.5, 0.6) is 11.5 Å². The van der Waals surface area contributed by atoms with Gasteiger partial charge in [-0.2, -0.15) is 5.10 Å². The summed E-state index contributed by atoms with van der Waals surface area (Å²) in [5, 5.41) is 4.11. The summed E-state index contributed by atoms with van der Waals surface area (Å²) in [5.74, 6) is 1.38. The van der Waals surface area contributed by atoms with Crippen LogP contribution in [-0.2, 0) is 11.2 Å². The quantitative estimate of drug-likeness (QED) is 0.506. The first kappa shape index (κ1) is 19.2. The second kappa shape index (κ2) is 8.90. The number of nitrogens with one attached hydrogen (secondary N) is 1. The van der Waals surface area contributed by atoms with Crippen molar-refractivity contribution in [1.29, 1.82) is 0 Å². The summed E-state index contributed by atoms with van der Waals surface area (Å²) in [4.78, 5) is 12.1. The van der Waals surface area contributed by atoms with Crippen molar-refractivity contribution in [2.24, 2.45) is 5.10 Å². The Balaban J connectivity index is 1.66. The van der Waals surface area contributed by atoms with E-state index in [1.54, 1.807) is 20.4 Å². The van der Waals surface area contributed by atoms with Crippen molar-refractivity contribution >= 4 is 12.1 Å². The second-order valence-corrected chi connectivity index (χ2v) is 6.25. The number of benzene rings is 2. The number of carbonyl (C=O) groups is 1. The van der Waals surface area contributed by atoms with Crippen LogP contribution in [0, 0.1) is 6.92 Å². The number of ether oxygens (including phenoxy) is 2. The minimum atomic E-state index is -0.180. The van der Waals surface area contributed by atoms with Gasteiger partial charge in [0.25, 0.3) is 0 Å². The molecule has 0 unspecified atom stereocenters. The van der Waals surface area contributed by atoms with Crippen molar-refractivity contribution in [3.05, 3.63) is 77.6 Å². The molecule has 0 bridgehead atoms. The maximum absolute atomic E-state index is 12.1. The van der Waals surface area contributed by atoms with Crippen LogP contribution < -0.4 is 14.9 Å². The van der Waals surface area contributed by atoms with Gasteiger partial charge in [0.1, 0.15) is 11.5 Å². The van der Waals surface area contributed by atoms with Crippen LogP contribution in [0.2, 0.25) is 0 Å². The number of nitrogens with zero attached hydrogens (tertiary/aromatic N) is 2. The van der Waals surface area contributed by atoms with Crippen LogP contribution in [-0.4, -0.2) is 30.9 Å². The molecule has 6 heteroatoms. The maximum atomic E-state index is 12.1. The average molecular weight is 377 g/mol. The van der Waals surface area contributed by atoms with Gasteiger partial charge in [0.15, 0.2) is 0 Å². The van der Waals surface area contributed by atoms with Crippen LogP contribution in [0.25, 0.3) is 5.69 Å². The lowest BCUT2D eigenvalue weighted by molar-refractivity contribution is -0.120. The first-order valence-corrected chi connectivity index (χ1v) is 8.88. The first-order valence-electron chi connectivity index (χ1n) is 8.88. The van der Waals surface area contributed by atoms with Gasteiger partial charge in [0.2, 0.25) is 5.91 Å². The molecule has 0 atom stereocenters. The van der Waals surface area contributed by atoms with Gasteiger partial charge >= 0.3 is 0 Å². The molecular formula is C22H23N3O3. The summed E-state index contributed by atoms with van der Waals surface area (Å²) in [6.07, 6.45) is 1.89. The van der Waals surface area contributed by atoms with Crippen molar-refractivity contribution in [3.8, 4) is 17.2 Å². The van der Waals surface area contributed by atoms with Crippen molar-refractivity contribution in [3.63, 3.8) is 0 Å². The Kier molecular flexibility index (Phi) is 6.11. The zero-order chi connectivity index (χ0) is 19.9. The lowest BCUT2D eigenvalue weighted by atomic mass is 10.1. The summed E-state index contributed by atoms with van der Waals surface area (Å²) in [6, 6.07) is 19.1. The molecule has 144 valence electrons. The number of carbonyl (C=O) groups excluding carboxylic acids is 1. The Labute approximate surface area is 164 Å². The molecule has 28 heavy (non-hydrogen) atoms. The highest BCUT2D eigenvalue weighted by Gasteiger charge is 2.07. The van der Waals surface area contributed by atoms with Gasteiger partial charge in [0, 0.05) is 11.4 Å². The molecule has 1 amide bonds. The Hall–Kier alpha value is -3.54. The van der Waals surface area contributed by atoms with E-state index in [2.05, 4.69) is 15.1 Å². The predicted molar refractivity (Wildman–Crippen MR) is 109 cm³/mol. The molecule has 0 saturated heterocycles. The zero-order valence-electron chi connectivity index (χ0n) is 16.2. The van der Waals surface area contributed by atoms with Crippen LogP contribution >= 0.6 is 0 Å². The lowest BCUT2D eigenvalue weighted by Gasteiger charge is -2.10. The molecule has 2 aromatic carbocycles. The van der Waals surface area contributed by atoms with Crippen molar-refractivity contribution in [2.45, 2.75) is 13.3 Å². The van der Waals surface area contributed by atoms with Crippen molar-refractivity contribution in [2.75, 3.05) is 14.2 Å². The highest BCUT2D eigenvalue weighted by Crippen LogP contribution is 2.19. The fourth-order valence-electron chi connectivity index (χ4n) is 2.88. The van der Waals surface area contributed by atoms with Crippen LogP contribution in [0.1, 0.15) is 17.0 Å². The summed E-state index contributed by atoms with van der Waals surface area (Å²) < 4.78 is 12.4. The molecular weight excluding hydrogens is 354 g/mol. The third-order valence-corrected chi connectivity index (χ3v) is 4.35. The van der Waals surface area contributed by atoms with Crippen molar-refractivity contribution in [1.82, 2.24) is 9.99 Å². The first-order chi connectivity index (χ1) is 13.6. The highest BCUT2D eigenvalue weighted by molar-refractivity contribution is 5.83. The lowest BCUT2D eigenvalue weighted by Crippen LogP contribution is -2.20. The molecule has 3 aromatic rings. The molecule has 1 aromatic heterocycles. The standard InChI is InChI=1S/C22H23N3O3/c1-16-4-7-19(25(16)18-8-12-21(28-3)13-9-18)15-23-24-22(26)14-17-5-10-20(27-2)11-6-17/h4-13,15H,14H2,1-3H3,(H,24,26)/b23-15-. The molecule has 3 rings (SSSR count). The average Bonchev–Trinajstić information content (AvgIpc) is 3.09. The van der Waals surface area contributed by atoms with E-state index in [1.165, 1.54) is 0 Å². The maximum Gasteiger partial charge on any atom is 0.244 e. The van der Waals surface area contributed by atoms with E-state index < -0.39 is 0 Å². The molecule has 0 radical (unpaired) electrons. The number of hydrazone groups is 1. The Morgan fingerprint density at radius 2 is 1.57 bits per heavy atom. The number of amides is 1. The Bertz CT molecular complexity index is 958. The number of hydrogen-bond acceptors (Lipinski definition) is 4. The third kappa shape index (κ3) is 4.59. The van der Waals surface area contributed by atoms with Gasteiger partial charge in [-0.1, -0.05) is 12.1 Å². The largest absolute Gasteiger partial charge is 0.497 e. The van der Waals surface area contributed by atoms with Gasteiger partial charge in [0.05, 0.1) is 32.5 Å². The van der Waals surface area contributed by atoms with Crippen LogP contribution in [0.3, 0.4) is 0 Å². The molecule has 6 nitrogen and oxygen atoms in total.